The number of carboxylic acid groups (broad SMARTS) is 1. The van der Waals surface area contributed by atoms with Crippen LogP contribution in [0.1, 0.15) is 53.6 Å². The number of nitrogens with zero attached hydrogens (tertiary/aromatic N) is 3. The van der Waals surface area contributed by atoms with Gasteiger partial charge < -0.3 is 30.5 Å². The summed E-state index contributed by atoms with van der Waals surface area (Å²) in [6, 6.07) is 14.3. The van der Waals surface area contributed by atoms with Crippen molar-refractivity contribution in [1.82, 2.24) is 20.2 Å². The Balaban J connectivity index is 0.000000246. The number of likely N-dealkylation sites (tertiary alicyclic amines) is 1. The van der Waals surface area contributed by atoms with Gasteiger partial charge in [-0.2, -0.15) is 0 Å². The number of hydrogen-bond donors (Lipinski definition) is 3. The quantitative estimate of drug-likeness (QED) is 0.173. The fourth-order valence-electron chi connectivity index (χ4n) is 5.20. The Labute approximate surface area is 286 Å². The minimum atomic E-state index is -0.932. The number of aromatic nitrogens is 2. The van der Waals surface area contributed by atoms with Gasteiger partial charge in [0.2, 0.25) is 17.7 Å². The van der Waals surface area contributed by atoms with Gasteiger partial charge in [0.25, 0.3) is 0 Å². The number of methoxy groups -OCH3 is 2. The summed E-state index contributed by atoms with van der Waals surface area (Å²) in [5.41, 5.74) is 8.93. The zero-order valence-corrected chi connectivity index (χ0v) is 27.7. The average molecular weight is 703 g/mol. The first-order chi connectivity index (χ1) is 23.0. The van der Waals surface area contributed by atoms with Gasteiger partial charge in [0.1, 0.15) is 21.7 Å². The Bertz CT molecular complexity index is 1690. The van der Waals surface area contributed by atoms with Crippen LogP contribution in [0.4, 0.5) is 13.6 Å². The van der Waals surface area contributed by atoms with Gasteiger partial charge in [-0.15, -0.1) is 0 Å². The molecule has 3 heterocycles. The Kier molecular flexibility index (Phi) is 12.9. The molecule has 0 spiro atoms. The van der Waals surface area contributed by atoms with Crippen molar-refractivity contribution >= 4 is 35.2 Å². The van der Waals surface area contributed by atoms with Gasteiger partial charge in [-0.3, -0.25) is 4.79 Å². The summed E-state index contributed by atoms with van der Waals surface area (Å²) < 4.78 is 36.3. The molecular weight excluding hydrogens is 667 g/mol. The van der Waals surface area contributed by atoms with Crippen molar-refractivity contribution in [2.45, 2.75) is 31.3 Å². The number of carbonyl (C=O) groups excluding carboxylic acids is 1. The molecule has 2 aromatic carbocycles. The van der Waals surface area contributed by atoms with Crippen LogP contribution < -0.4 is 20.5 Å². The molecular formula is C34H35Cl2F2N5O5. The van der Waals surface area contributed by atoms with Crippen LogP contribution in [0.25, 0.3) is 0 Å². The third kappa shape index (κ3) is 9.75. The molecule has 1 saturated heterocycles. The molecule has 1 fully saturated rings. The SMILES string of the molecule is COc1ncc(C(N)c2ccc(F)cc2)cc1Cl.COc1ncc(C(NC(=O)CC2CCN(C(=O)O)CC2)c2ccc(F)cc2)cc1Cl. The lowest BCUT2D eigenvalue weighted by molar-refractivity contribution is -0.122. The van der Waals surface area contributed by atoms with E-state index in [0.29, 0.717) is 53.0 Å². The van der Waals surface area contributed by atoms with E-state index in [1.54, 1.807) is 48.8 Å². The van der Waals surface area contributed by atoms with E-state index in [1.165, 1.54) is 43.4 Å². The summed E-state index contributed by atoms with van der Waals surface area (Å²) in [6.45, 7) is 0.847. The molecule has 48 heavy (non-hydrogen) atoms. The highest BCUT2D eigenvalue weighted by Crippen LogP contribution is 2.30. The molecule has 2 amide bonds. The highest BCUT2D eigenvalue weighted by atomic mass is 35.5. The Morgan fingerprint density at radius 3 is 1.83 bits per heavy atom. The summed E-state index contributed by atoms with van der Waals surface area (Å²) in [4.78, 5) is 33.4. The first-order valence-corrected chi connectivity index (χ1v) is 15.7. The van der Waals surface area contributed by atoms with E-state index in [2.05, 4.69) is 15.3 Å². The number of pyridine rings is 2. The zero-order chi connectivity index (χ0) is 34.8. The van der Waals surface area contributed by atoms with Gasteiger partial charge in [0, 0.05) is 31.9 Å². The molecule has 2 atom stereocenters. The van der Waals surface area contributed by atoms with E-state index in [0.717, 1.165) is 11.1 Å². The van der Waals surface area contributed by atoms with Gasteiger partial charge in [0.15, 0.2) is 0 Å². The minimum absolute atomic E-state index is 0.104. The molecule has 0 bridgehead atoms. The van der Waals surface area contributed by atoms with Crippen LogP contribution in [0.15, 0.2) is 73.1 Å². The van der Waals surface area contributed by atoms with Crippen LogP contribution in [0.2, 0.25) is 10.0 Å². The Morgan fingerprint density at radius 1 is 0.875 bits per heavy atom. The maximum atomic E-state index is 13.4. The van der Waals surface area contributed by atoms with Crippen molar-refractivity contribution in [2.24, 2.45) is 11.7 Å². The van der Waals surface area contributed by atoms with E-state index >= 15 is 0 Å². The van der Waals surface area contributed by atoms with Crippen molar-refractivity contribution in [2.75, 3.05) is 27.3 Å². The molecule has 0 saturated carbocycles. The number of carbonyl (C=O) groups is 2. The van der Waals surface area contributed by atoms with Crippen LogP contribution in [0.5, 0.6) is 11.8 Å². The summed E-state index contributed by atoms with van der Waals surface area (Å²) in [7, 11) is 2.95. The van der Waals surface area contributed by atoms with Crippen LogP contribution >= 0.6 is 23.2 Å². The molecule has 10 nitrogen and oxygen atoms in total. The summed E-state index contributed by atoms with van der Waals surface area (Å²) >= 11 is 12.2. The molecule has 4 aromatic rings. The maximum absolute atomic E-state index is 13.4. The Hall–Kier alpha value is -4.52. The van der Waals surface area contributed by atoms with Crippen LogP contribution in [0, 0.1) is 17.6 Å². The van der Waals surface area contributed by atoms with Gasteiger partial charge in [0.05, 0.1) is 26.3 Å². The van der Waals surface area contributed by atoms with E-state index in [1.807, 2.05) is 0 Å². The lowest BCUT2D eigenvalue weighted by Crippen LogP contribution is -2.39. The standard InChI is InChI=1S/C21H23ClFN3O4.C13H12ClFN2O/c1-30-20-17(22)11-15(12-24-20)19(14-2-4-16(23)5-3-14)25-18(27)10-13-6-8-26(9-7-13)21(28)29;1-18-13-11(14)6-9(7-17-13)12(16)8-2-4-10(15)5-3-8/h2-5,11-13,19H,6-10H2,1H3,(H,25,27)(H,28,29);2-7,12H,16H2,1H3. The van der Waals surface area contributed by atoms with Gasteiger partial charge >= 0.3 is 6.09 Å². The van der Waals surface area contributed by atoms with Crippen molar-refractivity contribution in [3.63, 3.8) is 0 Å². The largest absolute Gasteiger partial charge is 0.480 e. The second kappa shape index (κ2) is 17.0. The van der Waals surface area contributed by atoms with E-state index in [4.69, 9.17) is 43.5 Å². The smallest absolute Gasteiger partial charge is 0.407 e. The number of halogens is 4. The third-order valence-corrected chi connectivity index (χ3v) is 8.37. The number of benzene rings is 2. The second-order valence-electron chi connectivity index (χ2n) is 11.0. The Morgan fingerprint density at radius 2 is 1.35 bits per heavy atom. The summed E-state index contributed by atoms with van der Waals surface area (Å²) in [5, 5.41) is 12.7. The number of nitrogens with two attached hydrogens (primary N) is 1. The van der Waals surface area contributed by atoms with Crippen LogP contribution in [-0.4, -0.2) is 59.3 Å². The van der Waals surface area contributed by atoms with Crippen molar-refractivity contribution in [1.29, 1.82) is 0 Å². The third-order valence-electron chi connectivity index (χ3n) is 7.83. The number of amides is 2. The average Bonchev–Trinajstić information content (AvgIpc) is 3.08. The number of nitrogens with one attached hydrogen (secondary N) is 1. The highest BCUT2D eigenvalue weighted by molar-refractivity contribution is 6.32. The zero-order valence-electron chi connectivity index (χ0n) is 26.2. The van der Waals surface area contributed by atoms with E-state index in [9.17, 15) is 18.4 Å². The summed E-state index contributed by atoms with van der Waals surface area (Å²) in [5.74, 6) is -0.115. The van der Waals surface area contributed by atoms with E-state index < -0.39 is 18.2 Å². The molecule has 2 aromatic heterocycles. The number of ether oxygens (including phenoxy) is 2. The van der Waals surface area contributed by atoms with Gasteiger partial charge in [-0.25, -0.2) is 23.5 Å². The first-order valence-electron chi connectivity index (χ1n) is 14.9. The molecule has 0 radical (unpaired) electrons. The lowest BCUT2D eigenvalue weighted by Gasteiger charge is -2.30. The van der Waals surface area contributed by atoms with Crippen molar-refractivity contribution in [3.05, 3.63) is 117 Å². The second-order valence-corrected chi connectivity index (χ2v) is 11.8. The predicted molar refractivity (Wildman–Crippen MR) is 177 cm³/mol. The fraction of sp³-hybridized carbons (Fsp3) is 0.294. The normalized spacial score (nSPS) is 14.3. The maximum Gasteiger partial charge on any atom is 0.407 e. The van der Waals surface area contributed by atoms with Gasteiger partial charge in [-0.05, 0) is 77.4 Å². The lowest BCUT2D eigenvalue weighted by atomic mass is 9.92. The van der Waals surface area contributed by atoms with Crippen molar-refractivity contribution in [3.8, 4) is 11.8 Å². The molecule has 254 valence electrons. The van der Waals surface area contributed by atoms with Crippen molar-refractivity contribution < 1.29 is 33.0 Å². The van der Waals surface area contributed by atoms with E-state index in [-0.39, 0.29) is 35.8 Å². The van der Waals surface area contributed by atoms with Crippen LogP contribution in [-0.2, 0) is 4.79 Å². The molecule has 1 aliphatic rings. The number of piperidine rings is 1. The monoisotopic (exact) mass is 701 g/mol. The molecule has 14 heteroatoms. The molecule has 0 aliphatic carbocycles. The minimum Gasteiger partial charge on any atom is -0.480 e. The van der Waals surface area contributed by atoms with Gasteiger partial charge in [-0.1, -0.05) is 47.5 Å². The molecule has 1 aliphatic heterocycles. The highest BCUT2D eigenvalue weighted by Gasteiger charge is 2.26. The number of rotatable bonds is 9. The molecule has 4 N–H and O–H groups in total. The molecule has 5 rings (SSSR count). The summed E-state index contributed by atoms with van der Waals surface area (Å²) in [6.07, 6.45) is 3.78. The molecule has 2 unspecified atom stereocenters. The fourth-order valence-corrected chi connectivity index (χ4v) is 5.70. The number of hydrogen-bond acceptors (Lipinski definition) is 7. The first kappa shape index (κ1) is 36.3. The predicted octanol–water partition coefficient (Wildman–Crippen LogP) is 6.80. The topological polar surface area (TPSA) is 140 Å². The van der Waals surface area contributed by atoms with Crippen LogP contribution in [0.3, 0.4) is 0 Å².